The number of aliphatic hydroxyl groups is 1. The van der Waals surface area contributed by atoms with Gasteiger partial charge in [-0.1, -0.05) is 12.1 Å². The number of aliphatic hydroxyl groups excluding tert-OH is 1. The molecule has 5 heteroatoms. The molecule has 2 rings (SSSR count). The molecule has 0 unspecified atom stereocenters. The van der Waals surface area contributed by atoms with Crippen molar-refractivity contribution in [2.24, 2.45) is 11.7 Å². The first-order valence-corrected chi connectivity index (χ1v) is 4.99. The van der Waals surface area contributed by atoms with Crippen LogP contribution in [0, 0.1) is 17.6 Å². The summed E-state index contributed by atoms with van der Waals surface area (Å²) in [6.45, 7) is 0. The largest absolute Gasteiger partial charge is 0.391 e. The van der Waals surface area contributed by atoms with Crippen LogP contribution in [0.5, 0.6) is 0 Å². The van der Waals surface area contributed by atoms with Crippen LogP contribution in [0.1, 0.15) is 24.4 Å². The highest BCUT2D eigenvalue weighted by molar-refractivity contribution is 5.85. The van der Waals surface area contributed by atoms with Gasteiger partial charge in [0.1, 0.15) is 0 Å². The van der Waals surface area contributed by atoms with E-state index < -0.39 is 23.8 Å². The van der Waals surface area contributed by atoms with Crippen LogP contribution in [0.3, 0.4) is 0 Å². The molecular formula is C11H14ClF2NO. The summed E-state index contributed by atoms with van der Waals surface area (Å²) in [5.41, 5.74) is 5.74. The van der Waals surface area contributed by atoms with Gasteiger partial charge in [-0.05, 0) is 24.8 Å². The third-order valence-corrected chi connectivity index (χ3v) is 2.81. The minimum Gasteiger partial charge on any atom is -0.391 e. The topological polar surface area (TPSA) is 46.2 Å². The molecule has 2 nitrogen and oxygen atoms in total. The van der Waals surface area contributed by atoms with Crippen molar-refractivity contribution < 1.29 is 13.9 Å². The second kappa shape index (κ2) is 5.08. The minimum absolute atomic E-state index is 0. The van der Waals surface area contributed by atoms with E-state index in [4.69, 9.17) is 5.73 Å². The highest BCUT2D eigenvalue weighted by Crippen LogP contribution is 2.37. The zero-order valence-electron chi connectivity index (χ0n) is 8.57. The van der Waals surface area contributed by atoms with E-state index in [1.165, 1.54) is 12.1 Å². The number of halogens is 3. The van der Waals surface area contributed by atoms with Gasteiger partial charge in [0, 0.05) is 5.56 Å². The zero-order valence-corrected chi connectivity index (χ0v) is 9.38. The van der Waals surface area contributed by atoms with Crippen molar-refractivity contribution in [3.63, 3.8) is 0 Å². The normalized spacial score (nSPS) is 18.8. The fraction of sp³-hybridized carbons (Fsp3) is 0.455. The molecule has 1 fully saturated rings. The summed E-state index contributed by atoms with van der Waals surface area (Å²) in [7, 11) is 0. The molecule has 0 heterocycles. The van der Waals surface area contributed by atoms with E-state index in [0.29, 0.717) is 0 Å². The lowest BCUT2D eigenvalue weighted by Crippen LogP contribution is -2.28. The van der Waals surface area contributed by atoms with E-state index in [9.17, 15) is 13.9 Å². The van der Waals surface area contributed by atoms with Gasteiger partial charge in [-0.2, -0.15) is 0 Å². The van der Waals surface area contributed by atoms with Crippen molar-refractivity contribution >= 4 is 12.4 Å². The first kappa shape index (κ1) is 13.4. The quantitative estimate of drug-likeness (QED) is 0.862. The van der Waals surface area contributed by atoms with Gasteiger partial charge in [0.25, 0.3) is 0 Å². The van der Waals surface area contributed by atoms with Crippen LogP contribution in [0.2, 0.25) is 0 Å². The second-order valence-electron chi connectivity index (χ2n) is 4.00. The molecule has 0 aromatic heterocycles. The zero-order chi connectivity index (χ0) is 11.0. The summed E-state index contributed by atoms with van der Waals surface area (Å²) < 4.78 is 26.2. The first-order chi connectivity index (χ1) is 7.11. The Morgan fingerprint density at radius 2 is 1.94 bits per heavy atom. The summed E-state index contributed by atoms with van der Waals surface area (Å²) in [6.07, 6.45) is 1.04. The van der Waals surface area contributed by atoms with E-state index in [0.717, 1.165) is 18.9 Å². The average Bonchev–Trinajstić information content (AvgIpc) is 3.03. The maximum absolute atomic E-state index is 13.3. The van der Waals surface area contributed by atoms with Gasteiger partial charge in [-0.15, -0.1) is 12.4 Å². The molecule has 0 aliphatic heterocycles. The highest BCUT2D eigenvalue weighted by Gasteiger charge is 2.35. The predicted molar refractivity (Wildman–Crippen MR) is 59.3 cm³/mol. The fourth-order valence-corrected chi connectivity index (χ4v) is 1.69. The molecule has 1 aromatic rings. The predicted octanol–water partition coefficient (Wildman–Crippen LogP) is 2.16. The Labute approximate surface area is 98.9 Å². The molecule has 1 saturated carbocycles. The monoisotopic (exact) mass is 249 g/mol. The SMILES string of the molecule is Cl.N[C@@H](c1cccc(F)c1F)[C@H](O)C1CC1. The number of hydrogen-bond acceptors (Lipinski definition) is 2. The molecule has 0 saturated heterocycles. The number of benzene rings is 1. The average molecular weight is 250 g/mol. The fourth-order valence-electron chi connectivity index (χ4n) is 1.69. The van der Waals surface area contributed by atoms with Crippen LogP contribution >= 0.6 is 12.4 Å². The Bertz CT molecular complexity index is 371. The van der Waals surface area contributed by atoms with Gasteiger partial charge >= 0.3 is 0 Å². The van der Waals surface area contributed by atoms with Crippen molar-refractivity contribution in [1.82, 2.24) is 0 Å². The standard InChI is InChI=1S/C11H13F2NO.ClH/c12-8-3-1-2-7(9(8)13)10(14)11(15)6-4-5-6;/h1-3,6,10-11,15H,4-5,14H2;1H/t10-,11+;/m0./s1. The Morgan fingerprint density at radius 3 is 2.50 bits per heavy atom. The van der Waals surface area contributed by atoms with E-state index in [1.54, 1.807) is 0 Å². The molecule has 0 bridgehead atoms. The summed E-state index contributed by atoms with van der Waals surface area (Å²) in [5, 5.41) is 9.71. The van der Waals surface area contributed by atoms with Crippen LogP contribution in [-0.2, 0) is 0 Å². The van der Waals surface area contributed by atoms with Crippen molar-refractivity contribution in [2.75, 3.05) is 0 Å². The van der Waals surface area contributed by atoms with Crippen LogP contribution < -0.4 is 5.73 Å². The maximum atomic E-state index is 13.3. The highest BCUT2D eigenvalue weighted by atomic mass is 35.5. The molecule has 0 amide bonds. The minimum atomic E-state index is -0.954. The maximum Gasteiger partial charge on any atom is 0.163 e. The van der Waals surface area contributed by atoms with Gasteiger partial charge in [0.2, 0.25) is 0 Å². The Kier molecular flexibility index (Phi) is 4.24. The summed E-state index contributed by atoms with van der Waals surface area (Å²) in [5.74, 6) is -1.74. The second-order valence-corrected chi connectivity index (χ2v) is 4.00. The van der Waals surface area contributed by atoms with Gasteiger partial charge < -0.3 is 10.8 Å². The lowest BCUT2D eigenvalue weighted by Gasteiger charge is -2.19. The van der Waals surface area contributed by atoms with E-state index in [-0.39, 0.29) is 23.9 Å². The summed E-state index contributed by atoms with van der Waals surface area (Å²) in [4.78, 5) is 0. The van der Waals surface area contributed by atoms with Crippen molar-refractivity contribution in [1.29, 1.82) is 0 Å². The van der Waals surface area contributed by atoms with Gasteiger partial charge in [0.15, 0.2) is 11.6 Å². The lowest BCUT2D eigenvalue weighted by atomic mass is 9.98. The van der Waals surface area contributed by atoms with Crippen LogP contribution in [-0.4, -0.2) is 11.2 Å². The molecular weight excluding hydrogens is 236 g/mol. The molecule has 1 aliphatic carbocycles. The lowest BCUT2D eigenvalue weighted by molar-refractivity contribution is 0.120. The van der Waals surface area contributed by atoms with Crippen molar-refractivity contribution in [3.05, 3.63) is 35.4 Å². The Hall–Kier alpha value is -0.710. The van der Waals surface area contributed by atoms with Crippen LogP contribution in [0.25, 0.3) is 0 Å². The van der Waals surface area contributed by atoms with Gasteiger partial charge in [0.05, 0.1) is 12.1 Å². The van der Waals surface area contributed by atoms with E-state index >= 15 is 0 Å². The molecule has 90 valence electrons. The summed E-state index contributed by atoms with van der Waals surface area (Å²) >= 11 is 0. The van der Waals surface area contributed by atoms with Gasteiger partial charge in [-0.3, -0.25) is 0 Å². The van der Waals surface area contributed by atoms with E-state index in [2.05, 4.69) is 0 Å². The molecule has 3 N–H and O–H groups in total. The number of rotatable bonds is 3. The molecule has 16 heavy (non-hydrogen) atoms. The number of hydrogen-bond donors (Lipinski definition) is 2. The smallest absolute Gasteiger partial charge is 0.163 e. The Morgan fingerprint density at radius 1 is 1.31 bits per heavy atom. The molecule has 0 spiro atoms. The molecule has 2 atom stereocenters. The van der Waals surface area contributed by atoms with Crippen molar-refractivity contribution in [2.45, 2.75) is 25.0 Å². The third-order valence-electron chi connectivity index (χ3n) is 2.81. The Balaban J connectivity index is 0.00000128. The third kappa shape index (κ3) is 2.51. The molecule has 1 aliphatic rings. The van der Waals surface area contributed by atoms with Crippen molar-refractivity contribution in [3.8, 4) is 0 Å². The molecule has 0 radical (unpaired) electrons. The van der Waals surface area contributed by atoms with Crippen LogP contribution in [0.4, 0.5) is 8.78 Å². The first-order valence-electron chi connectivity index (χ1n) is 4.99. The summed E-state index contributed by atoms with van der Waals surface area (Å²) in [6, 6.07) is 3.00. The van der Waals surface area contributed by atoms with Crippen LogP contribution in [0.15, 0.2) is 18.2 Å². The molecule has 1 aromatic carbocycles. The van der Waals surface area contributed by atoms with E-state index in [1.807, 2.05) is 0 Å². The number of nitrogens with two attached hydrogens (primary N) is 1. The van der Waals surface area contributed by atoms with Gasteiger partial charge in [-0.25, -0.2) is 8.78 Å².